The molecular formula is C27H32N2O3. The van der Waals surface area contributed by atoms with Gasteiger partial charge in [0.15, 0.2) is 0 Å². The van der Waals surface area contributed by atoms with E-state index in [0.717, 1.165) is 54.4 Å². The number of aryl methyl sites for hydroxylation is 1. The molecule has 5 heteroatoms. The second-order valence-corrected chi connectivity index (χ2v) is 9.32. The van der Waals surface area contributed by atoms with E-state index in [9.17, 15) is 9.59 Å². The molecule has 2 heterocycles. The molecule has 1 fully saturated rings. The first-order valence-corrected chi connectivity index (χ1v) is 11.6. The van der Waals surface area contributed by atoms with Gasteiger partial charge in [-0.1, -0.05) is 61.9 Å². The fraction of sp³-hybridized carbons (Fsp3) is 0.407. The molecule has 4 rings (SSSR count). The molecule has 3 aromatic rings. The second-order valence-electron chi connectivity index (χ2n) is 9.32. The third-order valence-electron chi connectivity index (χ3n) is 6.27. The van der Waals surface area contributed by atoms with E-state index in [1.807, 2.05) is 43.3 Å². The van der Waals surface area contributed by atoms with Crippen molar-refractivity contribution < 1.29 is 9.21 Å². The lowest BCUT2D eigenvalue weighted by atomic mass is 9.92. The Morgan fingerprint density at radius 2 is 1.69 bits per heavy atom. The molecule has 32 heavy (non-hydrogen) atoms. The number of likely N-dealkylation sites (tertiary alicyclic amines) is 1. The van der Waals surface area contributed by atoms with Gasteiger partial charge in [0, 0.05) is 30.6 Å². The molecule has 1 aliphatic rings. The number of carbonyl (C=O) groups is 1. The van der Waals surface area contributed by atoms with Crippen LogP contribution in [-0.4, -0.2) is 37.0 Å². The van der Waals surface area contributed by atoms with Crippen molar-refractivity contribution in [2.45, 2.75) is 33.6 Å². The maximum Gasteiger partial charge on any atom is 0.344 e. The molecule has 0 radical (unpaired) electrons. The van der Waals surface area contributed by atoms with Gasteiger partial charge >= 0.3 is 5.63 Å². The first-order chi connectivity index (χ1) is 15.4. The van der Waals surface area contributed by atoms with E-state index in [1.165, 1.54) is 6.42 Å². The summed E-state index contributed by atoms with van der Waals surface area (Å²) in [5.41, 5.74) is 2.16. The van der Waals surface area contributed by atoms with Crippen molar-refractivity contribution in [3.63, 3.8) is 0 Å². The Morgan fingerprint density at radius 1 is 1.03 bits per heavy atom. The SMILES string of the molecule is Cc1ccc(-c2c(C(=O)NCCCN3C[C@H](C)C[C@H](C)C3)oc(=O)c3ccccc23)cc1. The fourth-order valence-electron chi connectivity index (χ4n) is 4.93. The van der Waals surface area contributed by atoms with Crippen molar-refractivity contribution in [2.75, 3.05) is 26.2 Å². The molecule has 0 bridgehead atoms. The van der Waals surface area contributed by atoms with Gasteiger partial charge in [0.05, 0.1) is 5.39 Å². The minimum Gasteiger partial charge on any atom is -0.416 e. The molecule has 1 amide bonds. The second kappa shape index (κ2) is 9.70. The lowest BCUT2D eigenvalue weighted by Crippen LogP contribution is -2.40. The van der Waals surface area contributed by atoms with Crippen molar-refractivity contribution in [2.24, 2.45) is 11.8 Å². The standard InChI is InChI=1S/C27H32N2O3/c1-18-9-11-21(12-10-18)24-22-7-4-5-8-23(22)27(31)32-25(24)26(30)28-13-6-14-29-16-19(2)15-20(3)17-29/h4-5,7-12,19-20H,6,13-17H2,1-3H3,(H,28,30)/t19-,20+. The summed E-state index contributed by atoms with van der Waals surface area (Å²) in [6.07, 6.45) is 2.15. The Balaban J connectivity index is 1.54. The van der Waals surface area contributed by atoms with Gasteiger partial charge < -0.3 is 14.6 Å². The Morgan fingerprint density at radius 3 is 2.38 bits per heavy atom. The molecule has 1 aliphatic heterocycles. The van der Waals surface area contributed by atoms with Crippen LogP contribution >= 0.6 is 0 Å². The molecule has 168 valence electrons. The van der Waals surface area contributed by atoms with Crippen LogP contribution in [0.1, 0.15) is 42.8 Å². The summed E-state index contributed by atoms with van der Waals surface area (Å²) in [7, 11) is 0. The van der Waals surface area contributed by atoms with Gasteiger partial charge in [0.1, 0.15) is 0 Å². The van der Waals surface area contributed by atoms with Crippen LogP contribution in [0.25, 0.3) is 21.9 Å². The van der Waals surface area contributed by atoms with Crippen LogP contribution in [0.3, 0.4) is 0 Å². The van der Waals surface area contributed by atoms with Crippen LogP contribution in [0.2, 0.25) is 0 Å². The van der Waals surface area contributed by atoms with Gasteiger partial charge in [0.25, 0.3) is 5.91 Å². The van der Waals surface area contributed by atoms with Gasteiger partial charge in [0.2, 0.25) is 5.76 Å². The molecule has 1 saturated heterocycles. The lowest BCUT2D eigenvalue weighted by molar-refractivity contribution is 0.0917. The number of hydrogen-bond acceptors (Lipinski definition) is 4. The first-order valence-electron chi connectivity index (χ1n) is 11.6. The van der Waals surface area contributed by atoms with Gasteiger partial charge in [-0.25, -0.2) is 4.79 Å². The predicted molar refractivity (Wildman–Crippen MR) is 129 cm³/mol. The van der Waals surface area contributed by atoms with Crippen LogP contribution in [0.4, 0.5) is 0 Å². The summed E-state index contributed by atoms with van der Waals surface area (Å²) in [5, 5.41) is 4.19. The van der Waals surface area contributed by atoms with Crippen molar-refractivity contribution >= 4 is 16.7 Å². The highest BCUT2D eigenvalue weighted by Gasteiger charge is 2.23. The number of rotatable bonds is 6. The van der Waals surface area contributed by atoms with Crippen LogP contribution in [0.15, 0.2) is 57.7 Å². The summed E-state index contributed by atoms with van der Waals surface area (Å²) in [4.78, 5) is 28.2. The van der Waals surface area contributed by atoms with Crippen LogP contribution in [-0.2, 0) is 0 Å². The Hall–Kier alpha value is -2.92. The van der Waals surface area contributed by atoms with Crippen LogP contribution in [0.5, 0.6) is 0 Å². The summed E-state index contributed by atoms with van der Waals surface area (Å²) < 4.78 is 5.57. The Bertz CT molecular complexity index is 1140. The molecule has 0 spiro atoms. The minimum atomic E-state index is -0.488. The number of piperidine rings is 1. The average Bonchev–Trinajstić information content (AvgIpc) is 2.77. The highest BCUT2D eigenvalue weighted by molar-refractivity contribution is 6.07. The first kappa shape index (κ1) is 22.3. The summed E-state index contributed by atoms with van der Waals surface area (Å²) in [6.45, 7) is 10.4. The number of carbonyl (C=O) groups excluding carboxylic acids is 1. The van der Waals surface area contributed by atoms with E-state index in [0.29, 0.717) is 17.5 Å². The molecular weight excluding hydrogens is 400 g/mol. The topological polar surface area (TPSA) is 62.6 Å². The average molecular weight is 433 g/mol. The number of nitrogens with one attached hydrogen (secondary N) is 1. The molecule has 0 aliphatic carbocycles. The van der Waals surface area contributed by atoms with Crippen molar-refractivity contribution in [3.8, 4) is 11.1 Å². The maximum absolute atomic E-state index is 13.1. The lowest BCUT2D eigenvalue weighted by Gasteiger charge is -2.34. The molecule has 1 aromatic heterocycles. The third-order valence-corrected chi connectivity index (χ3v) is 6.27. The van der Waals surface area contributed by atoms with Crippen LogP contribution in [0, 0.1) is 18.8 Å². The Kier molecular flexibility index (Phi) is 6.75. The quantitative estimate of drug-likeness (QED) is 0.565. The molecule has 0 unspecified atom stereocenters. The number of fused-ring (bicyclic) bond motifs is 1. The summed E-state index contributed by atoms with van der Waals surface area (Å²) in [5.74, 6) is 1.18. The van der Waals surface area contributed by atoms with E-state index >= 15 is 0 Å². The number of benzene rings is 2. The maximum atomic E-state index is 13.1. The predicted octanol–water partition coefficient (Wildman–Crippen LogP) is 4.87. The summed E-state index contributed by atoms with van der Waals surface area (Å²) >= 11 is 0. The van der Waals surface area contributed by atoms with Gasteiger partial charge in [-0.15, -0.1) is 0 Å². The van der Waals surface area contributed by atoms with Crippen molar-refractivity contribution in [1.82, 2.24) is 10.2 Å². The number of nitrogens with zero attached hydrogens (tertiary/aromatic N) is 1. The zero-order chi connectivity index (χ0) is 22.7. The van der Waals surface area contributed by atoms with Gasteiger partial charge in [-0.3, -0.25) is 4.79 Å². The normalized spacial score (nSPS) is 19.2. The molecule has 2 atom stereocenters. The molecule has 5 nitrogen and oxygen atoms in total. The minimum absolute atomic E-state index is 0.0813. The largest absolute Gasteiger partial charge is 0.416 e. The van der Waals surface area contributed by atoms with Crippen molar-refractivity contribution in [1.29, 1.82) is 0 Å². The summed E-state index contributed by atoms with van der Waals surface area (Å²) in [6, 6.07) is 15.2. The number of amides is 1. The van der Waals surface area contributed by atoms with Gasteiger partial charge in [-0.2, -0.15) is 0 Å². The highest BCUT2D eigenvalue weighted by atomic mass is 16.4. The third kappa shape index (κ3) is 4.94. The van der Waals surface area contributed by atoms with Crippen molar-refractivity contribution in [3.05, 3.63) is 70.3 Å². The van der Waals surface area contributed by atoms with E-state index < -0.39 is 5.63 Å². The molecule has 1 N–H and O–H groups in total. The van der Waals surface area contributed by atoms with E-state index in [1.54, 1.807) is 12.1 Å². The van der Waals surface area contributed by atoms with E-state index in [2.05, 4.69) is 24.1 Å². The monoisotopic (exact) mass is 432 g/mol. The zero-order valence-corrected chi connectivity index (χ0v) is 19.2. The molecule has 0 saturated carbocycles. The fourth-order valence-corrected chi connectivity index (χ4v) is 4.93. The smallest absolute Gasteiger partial charge is 0.344 e. The Labute approximate surface area is 189 Å². The van der Waals surface area contributed by atoms with E-state index in [4.69, 9.17) is 4.42 Å². The number of hydrogen-bond donors (Lipinski definition) is 1. The molecule has 2 aromatic carbocycles. The van der Waals surface area contributed by atoms with Crippen LogP contribution < -0.4 is 10.9 Å². The van der Waals surface area contributed by atoms with Gasteiger partial charge in [-0.05, 0) is 49.8 Å². The zero-order valence-electron chi connectivity index (χ0n) is 19.2. The van der Waals surface area contributed by atoms with E-state index in [-0.39, 0.29) is 11.7 Å². The highest BCUT2D eigenvalue weighted by Crippen LogP contribution is 2.31.